The van der Waals surface area contributed by atoms with Crippen LogP contribution in [0.5, 0.6) is 0 Å². The van der Waals surface area contributed by atoms with Gasteiger partial charge in [-0.25, -0.2) is 4.98 Å². The van der Waals surface area contributed by atoms with E-state index in [2.05, 4.69) is 19.8 Å². The molecule has 2 saturated heterocycles. The average molecular weight is 292 g/mol. The molecule has 5 nitrogen and oxygen atoms in total. The van der Waals surface area contributed by atoms with Gasteiger partial charge in [-0.1, -0.05) is 0 Å². The van der Waals surface area contributed by atoms with E-state index in [1.54, 1.807) is 13.4 Å². The summed E-state index contributed by atoms with van der Waals surface area (Å²) in [4.78, 5) is 12.6. The van der Waals surface area contributed by atoms with Crippen molar-refractivity contribution in [3.05, 3.63) is 18.2 Å². The summed E-state index contributed by atoms with van der Waals surface area (Å²) in [5, 5.41) is 0. The summed E-state index contributed by atoms with van der Waals surface area (Å²) < 4.78 is 5.21. The third-order valence-electron chi connectivity index (χ3n) is 5.25. The molecule has 1 spiro atoms. The predicted molar refractivity (Wildman–Crippen MR) is 83.1 cm³/mol. The third kappa shape index (κ3) is 3.47. The summed E-state index contributed by atoms with van der Waals surface area (Å²) in [5.74, 6) is 0. The Kier molecular flexibility index (Phi) is 4.93. The standard InChI is InChI=1S/C16H28N4O/c1-21-11-3-8-20-7-2-4-16(20)5-9-19(10-6-16)13-15-12-17-14-18-15/h12,14H,2-11,13H2,1H3,(H,17,18). The molecule has 0 bridgehead atoms. The molecule has 0 aliphatic carbocycles. The predicted octanol–water partition coefficient (Wildman–Crippen LogP) is 1.88. The lowest BCUT2D eigenvalue weighted by Crippen LogP contribution is -2.52. The normalized spacial score (nSPS) is 23.1. The minimum Gasteiger partial charge on any atom is -0.385 e. The topological polar surface area (TPSA) is 44.4 Å². The summed E-state index contributed by atoms with van der Waals surface area (Å²) in [6, 6.07) is 0. The van der Waals surface area contributed by atoms with E-state index in [1.165, 1.54) is 57.6 Å². The van der Waals surface area contributed by atoms with E-state index in [0.717, 1.165) is 19.6 Å². The van der Waals surface area contributed by atoms with Crippen molar-refractivity contribution in [2.45, 2.75) is 44.2 Å². The van der Waals surface area contributed by atoms with Gasteiger partial charge in [0.1, 0.15) is 0 Å². The van der Waals surface area contributed by atoms with Crippen LogP contribution < -0.4 is 0 Å². The highest BCUT2D eigenvalue weighted by molar-refractivity contribution is 5.01. The van der Waals surface area contributed by atoms with Crippen molar-refractivity contribution < 1.29 is 4.74 Å². The Morgan fingerprint density at radius 2 is 2.14 bits per heavy atom. The summed E-state index contributed by atoms with van der Waals surface area (Å²) in [7, 11) is 1.80. The van der Waals surface area contributed by atoms with Gasteiger partial charge in [0.2, 0.25) is 0 Å². The van der Waals surface area contributed by atoms with Crippen molar-refractivity contribution in [1.29, 1.82) is 0 Å². The minimum absolute atomic E-state index is 0.484. The van der Waals surface area contributed by atoms with Gasteiger partial charge in [-0.05, 0) is 38.6 Å². The second-order valence-electron chi connectivity index (χ2n) is 6.51. The molecule has 1 aromatic rings. The quantitative estimate of drug-likeness (QED) is 0.813. The van der Waals surface area contributed by atoms with Crippen molar-refractivity contribution in [3.63, 3.8) is 0 Å². The van der Waals surface area contributed by atoms with Gasteiger partial charge in [-0.2, -0.15) is 0 Å². The van der Waals surface area contributed by atoms with E-state index in [1.807, 2.05) is 6.20 Å². The van der Waals surface area contributed by atoms with Crippen LogP contribution in [-0.4, -0.2) is 65.2 Å². The Balaban J connectivity index is 1.51. The highest BCUT2D eigenvalue weighted by Gasteiger charge is 2.42. The maximum atomic E-state index is 5.21. The number of ether oxygens (including phenoxy) is 1. The van der Waals surface area contributed by atoms with Gasteiger partial charge in [0.15, 0.2) is 0 Å². The van der Waals surface area contributed by atoms with Crippen LogP contribution in [0.4, 0.5) is 0 Å². The Bertz CT molecular complexity index is 412. The number of methoxy groups -OCH3 is 1. The third-order valence-corrected chi connectivity index (χ3v) is 5.25. The zero-order chi connectivity index (χ0) is 14.5. The number of H-pyrrole nitrogens is 1. The van der Waals surface area contributed by atoms with Crippen molar-refractivity contribution in [2.75, 3.05) is 39.9 Å². The highest BCUT2D eigenvalue weighted by Crippen LogP contribution is 2.38. The Morgan fingerprint density at radius 1 is 1.29 bits per heavy atom. The van der Waals surface area contributed by atoms with Crippen LogP contribution in [0.3, 0.4) is 0 Å². The molecule has 2 fully saturated rings. The second-order valence-corrected chi connectivity index (χ2v) is 6.51. The lowest BCUT2D eigenvalue weighted by molar-refractivity contribution is 0.0439. The molecule has 0 atom stereocenters. The Hall–Kier alpha value is -0.910. The Labute approximate surface area is 127 Å². The molecular weight excluding hydrogens is 264 g/mol. The molecule has 2 aliphatic rings. The summed E-state index contributed by atoms with van der Waals surface area (Å²) >= 11 is 0. The first-order valence-electron chi connectivity index (χ1n) is 8.26. The average Bonchev–Trinajstić information content (AvgIpc) is 3.13. The molecule has 0 aromatic carbocycles. The first-order valence-corrected chi connectivity index (χ1v) is 8.26. The van der Waals surface area contributed by atoms with Crippen LogP contribution in [0.25, 0.3) is 0 Å². The fourth-order valence-electron chi connectivity index (χ4n) is 4.05. The number of aromatic amines is 1. The molecule has 3 rings (SSSR count). The SMILES string of the molecule is COCCCN1CCCC12CCN(Cc1cnc[nH]1)CC2. The van der Waals surface area contributed by atoms with E-state index in [-0.39, 0.29) is 0 Å². The van der Waals surface area contributed by atoms with Gasteiger partial charge >= 0.3 is 0 Å². The van der Waals surface area contributed by atoms with Crippen LogP contribution in [0.1, 0.15) is 37.8 Å². The number of rotatable bonds is 6. The molecule has 0 radical (unpaired) electrons. The second kappa shape index (κ2) is 6.90. The first-order chi connectivity index (χ1) is 10.3. The maximum absolute atomic E-state index is 5.21. The number of imidazole rings is 1. The highest BCUT2D eigenvalue weighted by atomic mass is 16.5. The first kappa shape index (κ1) is 15.0. The van der Waals surface area contributed by atoms with Crippen LogP contribution >= 0.6 is 0 Å². The van der Waals surface area contributed by atoms with Gasteiger partial charge in [0, 0.05) is 57.3 Å². The zero-order valence-corrected chi connectivity index (χ0v) is 13.2. The van der Waals surface area contributed by atoms with Gasteiger partial charge in [-0.3, -0.25) is 9.80 Å². The number of piperidine rings is 1. The minimum atomic E-state index is 0.484. The van der Waals surface area contributed by atoms with Gasteiger partial charge in [-0.15, -0.1) is 0 Å². The number of nitrogens with one attached hydrogen (secondary N) is 1. The molecule has 0 saturated carbocycles. The van der Waals surface area contributed by atoms with E-state index < -0.39 is 0 Å². The maximum Gasteiger partial charge on any atom is 0.0922 e. The fourth-order valence-corrected chi connectivity index (χ4v) is 4.05. The molecule has 2 aliphatic heterocycles. The van der Waals surface area contributed by atoms with Crippen LogP contribution in [0.2, 0.25) is 0 Å². The summed E-state index contributed by atoms with van der Waals surface area (Å²) in [6.07, 6.45) is 10.3. The van der Waals surface area contributed by atoms with Crippen LogP contribution in [-0.2, 0) is 11.3 Å². The number of hydrogen-bond donors (Lipinski definition) is 1. The van der Waals surface area contributed by atoms with Gasteiger partial charge in [0.05, 0.1) is 6.33 Å². The molecule has 0 unspecified atom stereocenters. The molecule has 0 amide bonds. The van der Waals surface area contributed by atoms with Gasteiger partial charge in [0.25, 0.3) is 0 Å². The molecular formula is C16H28N4O. The van der Waals surface area contributed by atoms with Crippen LogP contribution in [0, 0.1) is 0 Å². The van der Waals surface area contributed by atoms with Crippen molar-refractivity contribution in [1.82, 2.24) is 19.8 Å². The van der Waals surface area contributed by atoms with Crippen molar-refractivity contribution >= 4 is 0 Å². The van der Waals surface area contributed by atoms with Crippen LogP contribution in [0.15, 0.2) is 12.5 Å². The van der Waals surface area contributed by atoms with E-state index in [9.17, 15) is 0 Å². The molecule has 1 N–H and O–H groups in total. The van der Waals surface area contributed by atoms with E-state index in [0.29, 0.717) is 5.54 Å². The monoisotopic (exact) mass is 292 g/mol. The van der Waals surface area contributed by atoms with E-state index in [4.69, 9.17) is 4.74 Å². The lowest BCUT2D eigenvalue weighted by Gasteiger charge is -2.45. The smallest absolute Gasteiger partial charge is 0.0922 e. The fraction of sp³-hybridized carbons (Fsp3) is 0.812. The van der Waals surface area contributed by atoms with E-state index >= 15 is 0 Å². The summed E-state index contributed by atoms with van der Waals surface area (Å²) in [6.45, 7) is 6.80. The number of nitrogens with zero attached hydrogens (tertiary/aromatic N) is 3. The summed E-state index contributed by atoms with van der Waals surface area (Å²) in [5.41, 5.74) is 1.72. The largest absolute Gasteiger partial charge is 0.385 e. The van der Waals surface area contributed by atoms with Gasteiger partial charge < -0.3 is 9.72 Å². The number of likely N-dealkylation sites (tertiary alicyclic amines) is 2. The lowest BCUT2D eigenvalue weighted by atomic mass is 9.85. The molecule has 3 heterocycles. The van der Waals surface area contributed by atoms with Crippen molar-refractivity contribution in [3.8, 4) is 0 Å². The van der Waals surface area contributed by atoms with Crippen molar-refractivity contribution in [2.24, 2.45) is 0 Å². The number of aromatic nitrogens is 2. The molecule has 21 heavy (non-hydrogen) atoms. The molecule has 1 aromatic heterocycles. The number of hydrogen-bond acceptors (Lipinski definition) is 4. The Morgan fingerprint density at radius 3 is 2.86 bits per heavy atom. The zero-order valence-electron chi connectivity index (χ0n) is 13.2. The molecule has 118 valence electrons. The molecule has 5 heteroatoms.